The van der Waals surface area contributed by atoms with Crippen LogP contribution in [-0.2, 0) is 13.6 Å². The molecular weight excluding hydrogens is 343 g/mol. The van der Waals surface area contributed by atoms with Crippen LogP contribution in [0.3, 0.4) is 0 Å². The number of halogens is 1. The van der Waals surface area contributed by atoms with Crippen molar-refractivity contribution in [1.29, 1.82) is 0 Å². The standard InChI is InChI=1S/C16H23FN6OS/c1-10-20-12(9-25-10)7-23-6-11(17)4-13(23)8-21(2)16(24)14-5-19-22(3)15(14)18/h5,9,11,13H,4,6-8,18H2,1-3H3/t11-,13-/m0/s1. The summed E-state index contributed by atoms with van der Waals surface area (Å²) in [5.74, 6) is 0.138. The summed E-state index contributed by atoms with van der Waals surface area (Å²) in [6.07, 6.45) is 1.01. The van der Waals surface area contributed by atoms with Crippen molar-refractivity contribution in [3.05, 3.63) is 27.8 Å². The smallest absolute Gasteiger partial charge is 0.259 e. The molecule has 25 heavy (non-hydrogen) atoms. The van der Waals surface area contributed by atoms with E-state index in [9.17, 15) is 9.18 Å². The number of hydrogen-bond acceptors (Lipinski definition) is 6. The lowest BCUT2D eigenvalue weighted by molar-refractivity contribution is 0.0750. The SMILES string of the molecule is Cc1nc(CN2C[C@@H](F)C[C@H]2CN(C)C(=O)c2cnn(C)c2N)cs1. The van der Waals surface area contributed by atoms with Crippen molar-refractivity contribution in [1.82, 2.24) is 24.6 Å². The lowest BCUT2D eigenvalue weighted by atomic mass is 10.2. The van der Waals surface area contributed by atoms with Gasteiger partial charge in [0.2, 0.25) is 0 Å². The maximum atomic E-state index is 14.0. The Labute approximate surface area is 150 Å². The molecule has 1 saturated heterocycles. The first-order valence-electron chi connectivity index (χ1n) is 8.17. The summed E-state index contributed by atoms with van der Waals surface area (Å²) in [6.45, 7) is 3.37. The highest BCUT2D eigenvalue weighted by Crippen LogP contribution is 2.24. The Hall–Kier alpha value is -2.00. The van der Waals surface area contributed by atoms with E-state index in [1.165, 1.54) is 10.9 Å². The Balaban J connectivity index is 1.67. The molecule has 7 nitrogen and oxygen atoms in total. The molecule has 0 aliphatic carbocycles. The minimum absolute atomic E-state index is 0.0381. The van der Waals surface area contributed by atoms with Crippen LogP contribution in [0.1, 0.15) is 27.5 Å². The first-order valence-corrected chi connectivity index (χ1v) is 9.05. The van der Waals surface area contributed by atoms with Gasteiger partial charge in [-0.05, 0) is 13.3 Å². The molecule has 9 heteroatoms. The molecule has 0 bridgehead atoms. The van der Waals surface area contributed by atoms with Crippen molar-refractivity contribution in [3.8, 4) is 0 Å². The maximum Gasteiger partial charge on any atom is 0.259 e. The molecule has 2 aromatic heterocycles. The molecule has 0 aromatic carbocycles. The number of hydrogen-bond donors (Lipinski definition) is 1. The molecule has 1 fully saturated rings. The van der Waals surface area contributed by atoms with Crippen molar-refractivity contribution >= 4 is 23.1 Å². The van der Waals surface area contributed by atoms with Crippen LogP contribution in [0.2, 0.25) is 0 Å². The highest BCUT2D eigenvalue weighted by atomic mass is 32.1. The number of alkyl halides is 1. The van der Waals surface area contributed by atoms with Gasteiger partial charge in [-0.2, -0.15) is 5.10 Å². The van der Waals surface area contributed by atoms with Gasteiger partial charge in [-0.1, -0.05) is 0 Å². The average Bonchev–Trinajstić information content (AvgIpc) is 3.21. The molecule has 136 valence electrons. The van der Waals surface area contributed by atoms with Crippen molar-refractivity contribution < 1.29 is 9.18 Å². The number of anilines is 1. The molecule has 1 aliphatic rings. The summed E-state index contributed by atoms with van der Waals surface area (Å²) >= 11 is 1.59. The van der Waals surface area contributed by atoms with E-state index in [-0.39, 0.29) is 11.9 Å². The van der Waals surface area contributed by atoms with Crippen LogP contribution in [0.5, 0.6) is 0 Å². The molecule has 3 heterocycles. The van der Waals surface area contributed by atoms with E-state index in [1.807, 2.05) is 12.3 Å². The summed E-state index contributed by atoms with van der Waals surface area (Å²) in [7, 11) is 3.40. The van der Waals surface area contributed by atoms with Gasteiger partial charge in [0.25, 0.3) is 5.91 Å². The molecule has 2 N–H and O–H groups in total. The maximum absolute atomic E-state index is 14.0. The Morgan fingerprint density at radius 2 is 2.32 bits per heavy atom. The number of thiazole rings is 1. The number of aromatic nitrogens is 3. The third-order valence-corrected chi connectivity index (χ3v) is 5.38. The third-order valence-electron chi connectivity index (χ3n) is 4.55. The minimum Gasteiger partial charge on any atom is -0.383 e. The zero-order valence-electron chi connectivity index (χ0n) is 14.6. The number of likely N-dealkylation sites (N-methyl/N-ethyl adjacent to an activating group) is 1. The summed E-state index contributed by atoms with van der Waals surface area (Å²) in [4.78, 5) is 20.7. The molecule has 3 rings (SSSR count). The van der Waals surface area contributed by atoms with Crippen LogP contribution in [-0.4, -0.2) is 62.8 Å². The fourth-order valence-corrected chi connectivity index (χ4v) is 3.82. The molecule has 0 radical (unpaired) electrons. The second kappa shape index (κ2) is 7.09. The first kappa shape index (κ1) is 17.8. The normalized spacial score (nSPS) is 21.0. The van der Waals surface area contributed by atoms with Crippen LogP contribution >= 0.6 is 11.3 Å². The van der Waals surface area contributed by atoms with Gasteiger partial charge in [-0.25, -0.2) is 9.37 Å². The largest absolute Gasteiger partial charge is 0.383 e. The Morgan fingerprint density at radius 3 is 2.92 bits per heavy atom. The number of aryl methyl sites for hydroxylation is 2. The van der Waals surface area contributed by atoms with Gasteiger partial charge >= 0.3 is 0 Å². The topological polar surface area (TPSA) is 80.3 Å². The van der Waals surface area contributed by atoms with E-state index in [4.69, 9.17) is 5.73 Å². The molecule has 2 aromatic rings. The van der Waals surface area contributed by atoms with E-state index in [0.29, 0.717) is 37.4 Å². The molecule has 2 atom stereocenters. The number of rotatable bonds is 5. The van der Waals surface area contributed by atoms with Crippen LogP contribution in [0.15, 0.2) is 11.6 Å². The van der Waals surface area contributed by atoms with Gasteiger partial charge in [0.15, 0.2) is 0 Å². The lowest BCUT2D eigenvalue weighted by Gasteiger charge is -2.27. The van der Waals surface area contributed by atoms with Gasteiger partial charge < -0.3 is 10.6 Å². The van der Waals surface area contributed by atoms with Gasteiger partial charge in [0.1, 0.15) is 17.6 Å². The van der Waals surface area contributed by atoms with Crippen LogP contribution < -0.4 is 5.73 Å². The second-order valence-corrected chi connectivity index (χ2v) is 7.59. The van der Waals surface area contributed by atoms with Crippen molar-refractivity contribution in [2.45, 2.75) is 32.1 Å². The lowest BCUT2D eigenvalue weighted by Crippen LogP contribution is -2.41. The Kier molecular flexibility index (Phi) is 5.05. The molecule has 0 saturated carbocycles. The summed E-state index contributed by atoms with van der Waals surface area (Å²) in [5, 5.41) is 7.01. The Morgan fingerprint density at radius 1 is 1.56 bits per heavy atom. The summed E-state index contributed by atoms with van der Waals surface area (Å²) in [6, 6.07) is -0.0381. The number of amides is 1. The van der Waals surface area contributed by atoms with Crippen LogP contribution in [0, 0.1) is 6.92 Å². The number of nitrogens with two attached hydrogens (primary N) is 1. The van der Waals surface area contributed by atoms with E-state index >= 15 is 0 Å². The fraction of sp³-hybridized carbons (Fsp3) is 0.562. The van der Waals surface area contributed by atoms with Gasteiger partial charge in [-0.15, -0.1) is 11.3 Å². The number of carbonyl (C=O) groups excluding carboxylic acids is 1. The number of nitrogen functional groups attached to an aromatic ring is 1. The highest BCUT2D eigenvalue weighted by molar-refractivity contribution is 7.09. The molecular formula is C16H23FN6OS. The minimum atomic E-state index is -0.878. The zero-order valence-corrected chi connectivity index (χ0v) is 15.5. The van der Waals surface area contributed by atoms with E-state index in [2.05, 4.69) is 15.0 Å². The second-order valence-electron chi connectivity index (χ2n) is 6.53. The predicted octanol–water partition coefficient (Wildman–Crippen LogP) is 1.45. The monoisotopic (exact) mass is 366 g/mol. The summed E-state index contributed by atoms with van der Waals surface area (Å²) < 4.78 is 15.4. The number of carbonyl (C=O) groups is 1. The van der Waals surface area contributed by atoms with E-state index in [1.54, 1.807) is 30.3 Å². The number of nitrogens with zero attached hydrogens (tertiary/aromatic N) is 5. The zero-order chi connectivity index (χ0) is 18.1. The van der Waals surface area contributed by atoms with Crippen molar-refractivity contribution in [3.63, 3.8) is 0 Å². The van der Waals surface area contributed by atoms with Crippen molar-refractivity contribution in [2.75, 3.05) is 25.9 Å². The summed E-state index contributed by atoms with van der Waals surface area (Å²) in [5.41, 5.74) is 7.21. The molecule has 0 spiro atoms. The van der Waals surface area contributed by atoms with Gasteiger partial charge in [0.05, 0.1) is 16.9 Å². The molecule has 0 unspecified atom stereocenters. The van der Waals surface area contributed by atoms with Gasteiger partial charge in [-0.3, -0.25) is 14.4 Å². The van der Waals surface area contributed by atoms with Crippen LogP contribution in [0.25, 0.3) is 0 Å². The highest BCUT2D eigenvalue weighted by Gasteiger charge is 2.34. The molecule has 1 amide bonds. The number of likely N-dealkylation sites (tertiary alicyclic amines) is 1. The fourth-order valence-electron chi connectivity index (χ4n) is 3.21. The molecule has 1 aliphatic heterocycles. The van der Waals surface area contributed by atoms with E-state index in [0.717, 1.165) is 10.7 Å². The van der Waals surface area contributed by atoms with Crippen molar-refractivity contribution in [2.24, 2.45) is 7.05 Å². The quantitative estimate of drug-likeness (QED) is 0.866. The average molecular weight is 366 g/mol. The van der Waals surface area contributed by atoms with E-state index < -0.39 is 6.17 Å². The third kappa shape index (κ3) is 3.82. The predicted molar refractivity (Wildman–Crippen MR) is 95.1 cm³/mol. The Bertz CT molecular complexity index is 760. The first-order chi connectivity index (χ1) is 11.8. The van der Waals surface area contributed by atoms with Crippen LogP contribution in [0.4, 0.5) is 10.2 Å². The van der Waals surface area contributed by atoms with Gasteiger partial charge in [0, 0.05) is 45.2 Å².